The Bertz CT molecular complexity index is 475. The number of rotatable bonds is 5. The van der Waals surface area contributed by atoms with Crippen molar-refractivity contribution in [2.75, 3.05) is 30.3 Å². The Morgan fingerprint density at radius 3 is 2.90 bits per heavy atom. The molecule has 1 saturated heterocycles. The maximum Gasteiger partial charge on any atom is 0.221 e. The Morgan fingerprint density at radius 2 is 2.19 bits per heavy atom. The fraction of sp³-hybridized carbons (Fsp3) is 0.588. The van der Waals surface area contributed by atoms with E-state index in [1.54, 1.807) is 0 Å². The molecule has 1 fully saturated rings. The molecule has 1 heterocycles. The molecule has 1 aliphatic rings. The van der Waals surface area contributed by atoms with Crippen molar-refractivity contribution < 1.29 is 4.79 Å². The Hall–Kier alpha value is -1.55. The molecule has 1 aromatic rings. The third-order valence-electron chi connectivity index (χ3n) is 4.27. The number of nitrogens with zero attached hydrogens (tertiary/aromatic N) is 1. The van der Waals surface area contributed by atoms with Gasteiger partial charge in [-0.1, -0.05) is 13.0 Å². The standard InChI is InChI=1S/C17H27N3O/c1-4-20-10-6-7-15(12-20)13(2)18-16-8-5-9-17(11-16)19-14(3)21/h5,8-9,11,13,15,18H,4,6-7,10,12H2,1-3H3,(H,19,21). The van der Waals surface area contributed by atoms with Gasteiger partial charge in [0.1, 0.15) is 0 Å². The molecule has 0 saturated carbocycles. The molecule has 0 bridgehead atoms. The van der Waals surface area contributed by atoms with Crippen LogP contribution in [0.15, 0.2) is 24.3 Å². The fourth-order valence-corrected chi connectivity index (χ4v) is 3.06. The van der Waals surface area contributed by atoms with Gasteiger partial charge in [-0.3, -0.25) is 4.79 Å². The molecule has 0 aromatic heterocycles. The molecular formula is C17H27N3O. The van der Waals surface area contributed by atoms with Crippen LogP contribution in [-0.4, -0.2) is 36.5 Å². The number of carbonyl (C=O) groups excluding carboxylic acids is 1. The highest BCUT2D eigenvalue weighted by Crippen LogP contribution is 2.23. The molecule has 116 valence electrons. The number of benzene rings is 1. The summed E-state index contributed by atoms with van der Waals surface area (Å²) in [6, 6.07) is 8.38. The average Bonchev–Trinajstić information content (AvgIpc) is 2.47. The fourth-order valence-electron chi connectivity index (χ4n) is 3.06. The lowest BCUT2D eigenvalue weighted by Crippen LogP contribution is -2.41. The highest BCUT2D eigenvalue weighted by atomic mass is 16.1. The predicted octanol–water partition coefficient (Wildman–Crippen LogP) is 3.18. The van der Waals surface area contributed by atoms with Crippen molar-refractivity contribution >= 4 is 17.3 Å². The molecule has 2 unspecified atom stereocenters. The minimum absolute atomic E-state index is 0.0360. The lowest BCUT2D eigenvalue weighted by Gasteiger charge is -2.35. The van der Waals surface area contributed by atoms with Crippen LogP contribution in [0.25, 0.3) is 0 Å². The van der Waals surface area contributed by atoms with E-state index in [2.05, 4.69) is 35.4 Å². The van der Waals surface area contributed by atoms with Gasteiger partial charge in [-0.2, -0.15) is 0 Å². The number of hydrogen-bond acceptors (Lipinski definition) is 3. The SMILES string of the molecule is CCN1CCCC(C(C)Nc2cccc(NC(C)=O)c2)C1. The third-order valence-corrected chi connectivity index (χ3v) is 4.27. The van der Waals surface area contributed by atoms with E-state index >= 15 is 0 Å². The summed E-state index contributed by atoms with van der Waals surface area (Å²) in [6.07, 6.45) is 2.58. The first kappa shape index (κ1) is 15.8. The topological polar surface area (TPSA) is 44.4 Å². The van der Waals surface area contributed by atoms with Crippen molar-refractivity contribution in [1.29, 1.82) is 0 Å². The zero-order chi connectivity index (χ0) is 15.2. The van der Waals surface area contributed by atoms with Crippen molar-refractivity contribution in [3.63, 3.8) is 0 Å². The summed E-state index contributed by atoms with van der Waals surface area (Å²) in [6.45, 7) is 9.57. The zero-order valence-electron chi connectivity index (χ0n) is 13.4. The molecule has 0 aliphatic carbocycles. The summed E-state index contributed by atoms with van der Waals surface area (Å²) in [4.78, 5) is 13.7. The summed E-state index contributed by atoms with van der Waals surface area (Å²) in [5.41, 5.74) is 1.92. The number of carbonyl (C=O) groups is 1. The van der Waals surface area contributed by atoms with Crippen molar-refractivity contribution in [3.05, 3.63) is 24.3 Å². The molecule has 2 atom stereocenters. The first-order chi connectivity index (χ1) is 10.1. The van der Waals surface area contributed by atoms with Crippen LogP contribution in [0.5, 0.6) is 0 Å². The van der Waals surface area contributed by atoms with Gasteiger partial charge < -0.3 is 15.5 Å². The van der Waals surface area contributed by atoms with Gasteiger partial charge in [-0.15, -0.1) is 0 Å². The Balaban J connectivity index is 1.95. The first-order valence-electron chi connectivity index (χ1n) is 7.95. The van der Waals surface area contributed by atoms with E-state index in [0.717, 1.165) is 17.9 Å². The van der Waals surface area contributed by atoms with Crippen LogP contribution in [0.1, 0.15) is 33.6 Å². The van der Waals surface area contributed by atoms with Crippen molar-refractivity contribution in [1.82, 2.24) is 4.90 Å². The molecule has 4 nitrogen and oxygen atoms in total. The highest BCUT2D eigenvalue weighted by Gasteiger charge is 2.23. The quantitative estimate of drug-likeness (QED) is 0.875. The maximum absolute atomic E-state index is 11.1. The van der Waals surface area contributed by atoms with Gasteiger partial charge in [0.05, 0.1) is 0 Å². The van der Waals surface area contributed by atoms with E-state index in [1.165, 1.54) is 32.9 Å². The van der Waals surface area contributed by atoms with E-state index in [9.17, 15) is 4.79 Å². The summed E-state index contributed by atoms with van der Waals surface area (Å²) in [5.74, 6) is 0.647. The molecule has 1 amide bonds. The molecule has 0 radical (unpaired) electrons. The molecular weight excluding hydrogens is 262 g/mol. The Labute approximate surface area is 127 Å². The summed E-state index contributed by atoms with van der Waals surface area (Å²) in [5, 5.41) is 6.42. The summed E-state index contributed by atoms with van der Waals surface area (Å²) >= 11 is 0. The van der Waals surface area contributed by atoms with Crippen molar-refractivity contribution in [3.8, 4) is 0 Å². The normalized spacial score (nSPS) is 20.8. The van der Waals surface area contributed by atoms with Crippen LogP contribution in [0.2, 0.25) is 0 Å². The lowest BCUT2D eigenvalue weighted by molar-refractivity contribution is -0.114. The molecule has 2 rings (SSSR count). The molecule has 21 heavy (non-hydrogen) atoms. The van der Waals surface area contributed by atoms with E-state index in [4.69, 9.17) is 0 Å². The van der Waals surface area contributed by atoms with E-state index in [0.29, 0.717) is 12.0 Å². The van der Waals surface area contributed by atoms with Gasteiger partial charge >= 0.3 is 0 Å². The minimum atomic E-state index is -0.0360. The first-order valence-corrected chi connectivity index (χ1v) is 7.95. The second kappa shape index (κ2) is 7.46. The monoisotopic (exact) mass is 289 g/mol. The number of anilines is 2. The number of nitrogens with one attached hydrogen (secondary N) is 2. The molecule has 1 aliphatic heterocycles. The largest absolute Gasteiger partial charge is 0.382 e. The van der Waals surface area contributed by atoms with Gasteiger partial charge in [0.25, 0.3) is 0 Å². The van der Waals surface area contributed by atoms with Crippen LogP contribution in [0.4, 0.5) is 11.4 Å². The molecule has 1 aromatic carbocycles. The zero-order valence-corrected chi connectivity index (χ0v) is 13.4. The van der Waals surface area contributed by atoms with Crippen molar-refractivity contribution in [2.24, 2.45) is 5.92 Å². The minimum Gasteiger partial charge on any atom is -0.382 e. The number of hydrogen-bond donors (Lipinski definition) is 2. The van der Waals surface area contributed by atoms with E-state index in [1.807, 2.05) is 18.2 Å². The van der Waals surface area contributed by atoms with E-state index in [-0.39, 0.29) is 5.91 Å². The highest BCUT2D eigenvalue weighted by molar-refractivity contribution is 5.89. The second-order valence-corrected chi connectivity index (χ2v) is 5.99. The van der Waals surface area contributed by atoms with Gasteiger partial charge in [-0.25, -0.2) is 0 Å². The second-order valence-electron chi connectivity index (χ2n) is 5.99. The average molecular weight is 289 g/mol. The van der Waals surface area contributed by atoms with Gasteiger partial charge in [-0.05, 0) is 57.0 Å². The smallest absolute Gasteiger partial charge is 0.221 e. The van der Waals surface area contributed by atoms with Gasteiger partial charge in [0.15, 0.2) is 0 Å². The van der Waals surface area contributed by atoms with Crippen molar-refractivity contribution in [2.45, 2.75) is 39.7 Å². The molecule has 4 heteroatoms. The van der Waals surface area contributed by atoms with Crippen LogP contribution in [0.3, 0.4) is 0 Å². The summed E-state index contributed by atoms with van der Waals surface area (Å²) in [7, 11) is 0. The Kier molecular flexibility index (Phi) is 5.62. The number of amides is 1. The van der Waals surface area contributed by atoms with Crippen LogP contribution in [0, 0.1) is 5.92 Å². The van der Waals surface area contributed by atoms with Crippen LogP contribution < -0.4 is 10.6 Å². The van der Waals surface area contributed by atoms with E-state index < -0.39 is 0 Å². The lowest BCUT2D eigenvalue weighted by atomic mass is 9.91. The molecule has 2 N–H and O–H groups in total. The van der Waals surface area contributed by atoms with Crippen LogP contribution >= 0.6 is 0 Å². The van der Waals surface area contributed by atoms with Crippen LogP contribution in [-0.2, 0) is 4.79 Å². The van der Waals surface area contributed by atoms with Gasteiger partial charge in [0.2, 0.25) is 5.91 Å². The molecule has 0 spiro atoms. The number of piperidine rings is 1. The maximum atomic E-state index is 11.1. The number of likely N-dealkylation sites (tertiary alicyclic amines) is 1. The Morgan fingerprint density at radius 1 is 1.43 bits per heavy atom. The third kappa shape index (κ3) is 4.74. The summed E-state index contributed by atoms with van der Waals surface area (Å²) < 4.78 is 0. The van der Waals surface area contributed by atoms with Gasteiger partial charge in [0, 0.05) is 30.9 Å². The predicted molar refractivity (Wildman–Crippen MR) is 88.7 cm³/mol.